The number of carbonyl (C=O) groups excluding carboxylic acids is 1. The Hall–Kier alpha value is -4.51. The Morgan fingerprint density at radius 3 is 2.72 bits per heavy atom. The second-order valence-corrected chi connectivity index (χ2v) is 11.3. The van der Waals surface area contributed by atoms with E-state index in [1.54, 1.807) is 22.8 Å². The highest BCUT2D eigenvalue weighted by Gasteiger charge is 2.28. The zero-order valence-electron chi connectivity index (χ0n) is 24.8. The second kappa shape index (κ2) is 12.4. The monoisotopic (exact) mass is 582 g/mol. The maximum absolute atomic E-state index is 14.1. The number of nitrogens with one attached hydrogen (secondary N) is 1. The lowest BCUT2D eigenvalue weighted by atomic mass is 10.0. The van der Waals surface area contributed by atoms with Crippen LogP contribution in [0.2, 0.25) is 0 Å². The predicted octanol–water partition coefficient (Wildman–Crippen LogP) is 3.77. The SMILES string of the molecule is C=CC(=O)N1CCCC(n2c(=O)c(C3=CCCC=C3)nc3cnc(Nc4ccc(N5CCN(C)CC5)cc4OC)nc32)C1. The van der Waals surface area contributed by atoms with E-state index in [2.05, 4.69) is 45.9 Å². The van der Waals surface area contributed by atoms with Crippen LogP contribution in [0.1, 0.15) is 37.4 Å². The minimum absolute atomic E-state index is 0.140. The molecule has 0 saturated carbocycles. The molecule has 11 nitrogen and oxygen atoms in total. The van der Waals surface area contributed by atoms with Crippen LogP contribution in [0.25, 0.3) is 16.7 Å². The summed E-state index contributed by atoms with van der Waals surface area (Å²) in [6.45, 7) is 8.61. The summed E-state index contributed by atoms with van der Waals surface area (Å²) in [4.78, 5) is 47.1. The van der Waals surface area contributed by atoms with Crippen molar-refractivity contribution < 1.29 is 9.53 Å². The summed E-state index contributed by atoms with van der Waals surface area (Å²) in [5.74, 6) is 0.860. The Balaban J connectivity index is 1.38. The first-order valence-corrected chi connectivity index (χ1v) is 14.9. The van der Waals surface area contributed by atoms with Gasteiger partial charge in [0.05, 0.1) is 25.0 Å². The van der Waals surface area contributed by atoms with Crippen LogP contribution in [0.3, 0.4) is 0 Å². The van der Waals surface area contributed by atoms with Crippen molar-refractivity contribution in [3.05, 3.63) is 71.3 Å². The van der Waals surface area contributed by atoms with Gasteiger partial charge in [0.25, 0.3) is 5.56 Å². The second-order valence-electron chi connectivity index (χ2n) is 11.3. The molecule has 6 rings (SSSR count). The van der Waals surface area contributed by atoms with E-state index < -0.39 is 0 Å². The molecular formula is C32H38N8O3. The Morgan fingerprint density at radius 1 is 1.14 bits per heavy atom. The number of fused-ring (bicyclic) bond motifs is 1. The molecule has 1 N–H and O–H groups in total. The van der Waals surface area contributed by atoms with E-state index in [1.165, 1.54) is 6.08 Å². The van der Waals surface area contributed by atoms with Gasteiger partial charge in [-0.25, -0.2) is 9.97 Å². The fourth-order valence-electron chi connectivity index (χ4n) is 6.04. The molecule has 2 saturated heterocycles. The van der Waals surface area contributed by atoms with Gasteiger partial charge < -0.3 is 24.8 Å². The molecule has 1 amide bonds. The van der Waals surface area contributed by atoms with E-state index in [9.17, 15) is 9.59 Å². The molecule has 1 aliphatic carbocycles. The molecule has 1 unspecified atom stereocenters. The molecule has 1 atom stereocenters. The van der Waals surface area contributed by atoms with E-state index in [1.807, 2.05) is 24.3 Å². The molecule has 2 aromatic heterocycles. The van der Waals surface area contributed by atoms with Gasteiger partial charge in [-0.15, -0.1) is 0 Å². The van der Waals surface area contributed by atoms with Crippen LogP contribution in [0, 0.1) is 0 Å². The number of likely N-dealkylation sites (tertiary alicyclic amines) is 1. The van der Waals surface area contributed by atoms with Gasteiger partial charge in [-0.05, 0) is 50.9 Å². The van der Waals surface area contributed by atoms with Gasteiger partial charge in [-0.3, -0.25) is 14.2 Å². The number of benzene rings is 1. The van der Waals surface area contributed by atoms with Crippen molar-refractivity contribution in [2.24, 2.45) is 0 Å². The predicted molar refractivity (Wildman–Crippen MR) is 169 cm³/mol. The number of anilines is 3. The largest absolute Gasteiger partial charge is 0.494 e. The number of allylic oxidation sites excluding steroid dienone is 4. The molecule has 2 fully saturated rings. The summed E-state index contributed by atoms with van der Waals surface area (Å²) in [6.07, 6.45) is 12.3. The summed E-state index contributed by atoms with van der Waals surface area (Å²) >= 11 is 0. The minimum atomic E-state index is -0.261. The first-order valence-electron chi connectivity index (χ1n) is 14.9. The number of aromatic nitrogens is 4. The molecule has 0 bridgehead atoms. The number of nitrogens with zero attached hydrogens (tertiary/aromatic N) is 7. The summed E-state index contributed by atoms with van der Waals surface area (Å²) in [6, 6.07) is 5.80. The zero-order valence-corrected chi connectivity index (χ0v) is 24.8. The summed E-state index contributed by atoms with van der Waals surface area (Å²) < 4.78 is 7.45. The van der Waals surface area contributed by atoms with Crippen molar-refractivity contribution in [1.82, 2.24) is 29.3 Å². The first-order chi connectivity index (χ1) is 20.9. The van der Waals surface area contributed by atoms with Crippen LogP contribution in [-0.2, 0) is 4.79 Å². The number of piperidine rings is 1. The Labute approximate surface area is 251 Å². The van der Waals surface area contributed by atoms with Gasteiger partial charge in [0, 0.05) is 56.6 Å². The van der Waals surface area contributed by atoms with E-state index in [0.29, 0.717) is 41.6 Å². The molecule has 4 heterocycles. The third kappa shape index (κ3) is 5.90. The van der Waals surface area contributed by atoms with Crippen molar-refractivity contribution in [3.63, 3.8) is 0 Å². The van der Waals surface area contributed by atoms with Gasteiger partial charge in [0.1, 0.15) is 17.0 Å². The Morgan fingerprint density at radius 2 is 1.98 bits per heavy atom. The Bertz CT molecular complexity index is 1650. The van der Waals surface area contributed by atoms with Crippen molar-refractivity contribution >= 4 is 40.0 Å². The minimum Gasteiger partial charge on any atom is -0.494 e. The van der Waals surface area contributed by atoms with Crippen LogP contribution >= 0.6 is 0 Å². The van der Waals surface area contributed by atoms with Crippen LogP contribution < -0.4 is 20.5 Å². The van der Waals surface area contributed by atoms with Crippen molar-refractivity contribution in [1.29, 1.82) is 0 Å². The van der Waals surface area contributed by atoms with Crippen molar-refractivity contribution in [2.75, 3.05) is 63.6 Å². The highest BCUT2D eigenvalue weighted by molar-refractivity contribution is 5.87. The van der Waals surface area contributed by atoms with Crippen molar-refractivity contribution in [2.45, 2.75) is 31.7 Å². The molecule has 0 spiro atoms. The lowest BCUT2D eigenvalue weighted by molar-refractivity contribution is -0.127. The quantitative estimate of drug-likeness (QED) is 0.417. The molecule has 11 heteroatoms. The number of rotatable bonds is 7. The van der Waals surface area contributed by atoms with Crippen molar-refractivity contribution in [3.8, 4) is 5.75 Å². The third-order valence-corrected chi connectivity index (χ3v) is 8.45. The van der Waals surface area contributed by atoms with Crippen LogP contribution in [0.4, 0.5) is 17.3 Å². The van der Waals surface area contributed by atoms with E-state index in [4.69, 9.17) is 14.7 Å². The summed E-state index contributed by atoms with van der Waals surface area (Å²) in [5.41, 5.74) is 3.72. The molecular weight excluding hydrogens is 544 g/mol. The number of hydrogen-bond acceptors (Lipinski definition) is 9. The number of carbonyl (C=O) groups is 1. The van der Waals surface area contributed by atoms with Gasteiger partial charge in [0.2, 0.25) is 11.9 Å². The summed E-state index contributed by atoms with van der Waals surface area (Å²) in [5, 5.41) is 3.30. The van der Waals surface area contributed by atoms with Gasteiger partial charge in [-0.1, -0.05) is 24.8 Å². The molecule has 3 aromatic rings. The molecule has 224 valence electrons. The van der Waals surface area contributed by atoms with E-state index in [0.717, 1.165) is 68.8 Å². The average Bonchev–Trinajstić information content (AvgIpc) is 3.05. The highest BCUT2D eigenvalue weighted by Crippen LogP contribution is 2.32. The molecule has 43 heavy (non-hydrogen) atoms. The van der Waals surface area contributed by atoms with E-state index >= 15 is 0 Å². The number of piperazine rings is 1. The Kier molecular flexibility index (Phi) is 8.24. The number of hydrogen-bond donors (Lipinski definition) is 1. The normalized spacial score (nSPS) is 19.3. The number of ether oxygens (including phenoxy) is 1. The molecule has 0 radical (unpaired) electrons. The average molecular weight is 583 g/mol. The third-order valence-electron chi connectivity index (χ3n) is 8.45. The van der Waals surface area contributed by atoms with Gasteiger partial charge >= 0.3 is 0 Å². The van der Waals surface area contributed by atoms with Crippen LogP contribution in [0.5, 0.6) is 5.75 Å². The fourth-order valence-corrected chi connectivity index (χ4v) is 6.04. The highest BCUT2D eigenvalue weighted by atomic mass is 16.5. The lowest BCUT2D eigenvalue weighted by Crippen LogP contribution is -2.44. The topological polar surface area (TPSA) is 109 Å². The van der Waals surface area contributed by atoms with E-state index in [-0.39, 0.29) is 17.5 Å². The standard InChI is InChI=1S/C32H38N8O3/c1-4-28(41)39-14-8-11-24(21-39)40-30-26(34-29(31(40)42)22-9-6-5-7-10-22)20-33-32(36-30)35-25-13-12-23(19-27(25)43-3)38-17-15-37(2)16-18-38/h4,6,9-10,12-13,19-20,24H,1,5,7-8,11,14-18,21H2,2-3H3,(H,33,35,36). The van der Waals surface area contributed by atoms with Gasteiger partial charge in [-0.2, -0.15) is 4.98 Å². The molecule has 3 aliphatic rings. The lowest BCUT2D eigenvalue weighted by Gasteiger charge is -2.34. The van der Waals surface area contributed by atoms with Gasteiger partial charge in [0.15, 0.2) is 5.65 Å². The smallest absolute Gasteiger partial charge is 0.279 e. The summed E-state index contributed by atoms with van der Waals surface area (Å²) in [7, 11) is 3.78. The first kappa shape index (κ1) is 28.6. The number of methoxy groups -OCH3 is 1. The fraction of sp³-hybridized carbons (Fsp3) is 0.406. The zero-order chi connectivity index (χ0) is 29.9. The number of likely N-dealkylation sites (N-methyl/N-ethyl adjacent to an activating group) is 1. The maximum Gasteiger partial charge on any atom is 0.279 e. The number of amides is 1. The molecule has 2 aliphatic heterocycles. The van der Waals surface area contributed by atoms with Crippen LogP contribution in [0.15, 0.2) is 60.1 Å². The maximum atomic E-state index is 14.1. The van der Waals surface area contributed by atoms with Crippen LogP contribution in [-0.4, -0.2) is 88.7 Å². The molecule has 1 aromatic carbocycles.